The highest BCUT2D eigenvalue weighted by molar-refractivity contribution is 7.79. The summed E-state index contributed by atoms with van der Waals surface area (Å²) in [6.45, 7) is 0. The fourth-order valence-corrected chi connectivity index (χ4v) is 1.14. The number of benzene rings is 1. The Labute approximate surface area is 84.7 Å². The molecule has 0 fully saturated rings. The van der Waals surface area contributed by atoms with Crippen LogP contribution in [0, 0.1) is 0 Å². The Kier molecular flexibility index (Phi) is 3.73. The van der Waals surface area contributed by atoms with Gasteiger partial charge in [-0.15, -0.1) is 5.11 Å². The van der Waals surface area contributed by atoms with Crippen LogP contribution in [0.4, 0.5) is 5.69 Å². The monoisotopic (exact) mass is 213 g/mol. The van der Waals surface area contributed by atoms with Crippen molar-refractivity contribution in [2.45, 2.75) is 4.90 Å². The average Bonchev–Trinajstić information content (AvgIpc) is 2.15. The molecule has 76 valence electrons. The summed E-state index contributed by atoms with van der Waals surface area (Å²) < 4.78 is 19.4. The van der Waals surface area contributed by atoms with Gasteiger partial charge in [0.05, 0.1) is 10.6 Å². The Morgan fingerprint density at radius 1 is 1.29 bits per heavy atom. The van der Waals surface area contributed by atoms with Gasteiger partial charge in [0.25, 0.3) is 0 Å². The maximum absolute atomic E-state index is 10.6. The van der Waals surface area contributed by atoms with Crippen LogP contribution in [-0.4, -0.2) is 27.9 Å². The van der Waals surface area contributed by atoms with Crippen molar-refractivity contribution in [2.24, 2.45) is 10.3 Å². The quantitative estimate of drug-likeness (QED) is 0.473. The number of nitrogens with zero attached hydrogens (tertiary/aromatic N) is 3. The lowest BCUT2D eigenvalue weighted by Crippen LogP contribution is -1.98. The van der Waals surface area contributed by atoms with Crippen LogP contribution in [0.15, 0.2) is 39.5 Å². The van der Waals surface area contributed by atoms with Gasteiger partial charge in [-0.25, -0.2) is 4.21 Å². The van der Waals surface area contributed by atoms with Gasteiger partial charge in [-0.1, -0.05) is 5.22 Å². The molecule has 0 heterocycles. The summed E-state index contributed by atoms with van der Waals surface area (Å²) in [6, 6.07) is 6.35. The first-order chi connectivity index (χ1) is 6.59. The third-order valence-electron chi connectivity index (χ3n) is 1.38. The summed E-state index contributed by atoms with van der Waals surface area (Å²) in [4.78, 5) is 0.355. The van der Waals surface area contributed by atoms with Gasteiger partial charge in [-0.05, 0) is 24.3 Å². The normalized spacial score (nSPS) is 13.1. The lowest BCUT2D eigenvalue weighted by atomic mass is 10.3. The predicted molar refractivity (Wildman–Crippen MR) is 53.7 cm³/mol. The molecule has 0 bridgehead atoms. The van der Waals surface area contributed by atoms with E-state index in [0.29, 0.717) is 10.6 Å². The van der Waals surface area contributed by atoms with Gasteiger partial charge in [-0.3, -0.25) is 5.01 Å². The molecule has 1 aromatic rings. The molecule has 0 spiro atoms. The van der Waals surface area contributed by atoms with Gasteiger partial charge in [0, 0.05) is 14.1 Å². The van der Waals surface area contributed by atoms with E-state index in [2.05, 4.69) is 10.3 Å². The average molecular weight is 213 g/mol. The highest BCUT2D eigenvalue weighted by Gasteiger charge is 1.98. The molecule has 5 nitrogen and oxygen atoms in total. The summed E-state index contributed by atoms with van der Waals surface area (Å²) in [6.07, 6.45) is 0. The summed E-state index contributed by atoms with van der Waals surface area (Å²) >= 11 is -1.93. The van der Waals surface area contributed by atoms with E-state index in [-0.39, 0.29) is 0 Å². The van der Waals surface area contributed by atoms with E-state index < -0.39 is 11.1 Å². The summed E-state index contributed by atoms with van der Waals surface area (Å²) in [7, 11) is 3.53. The maximum atomic E-state index is 10.6. The first kappa shape index (κ1) is 10.8. The Morgan fingerprint density at radius 3 is 2.29 bits per heavy atom. The molecule has 1 aromatic carbocycles. The molecule has 0 aromatic heterocycles. The molecule has 0 aliphatic rings. The molecule has 1 rings (SSSR count). The van der Waals surface area contributed by atoms with Crippen LogP contribution in [0.5, 0.6) is 0 Å². The predicted octanol–water partition coefficient (Wildman–Crippen LogP) is 1.83. The van der Waals surface area contributed by atoms with Crippen molar-refractivity contribution in [1.29, 1.82) is 0 Å². The third kappa shape index (κ3) is 3.23. The van der Waals surface area contributed by atoms with Gasteiger partial charge in [0.1, 0.15) is 0 Å². The number of hydrogen-bond acceptors (Lipinski definition) is 3. The zero-order valence-electron chi connectivity index (χ0n) is 7.91. The molecule has 0 saturated carbocycles. The van der Waals surface area contributed by atoms with Crippen LogP contribution in [0.1, 0.15) is 0 Å². The number of rotatable bonds is 3. The highest BCUT2D eigenvalue weighted by atomic mass is 32.2. The third-order valence-corrected chi connectivity index (χ3v) is 2.05. The zero-order valence-corrected chi connectivity index (χ0v) is 8.73. The lowest BCUT2D eigenvalue weighted by molar-refractivity contribution is 0.408. The summed E-state index contributed by atoms with van der Waals surface area (Å²) in [5, 5.41) is 9.23. The van der Waals surface area contributed by atoms with Crippen LogP contribution in [0.25, 0.3) is 0 Å². The topological polar surface area (TPSA) is 65.3 Å². The van der Waals surface area contributed by atoms with Crippen molar-refractivity contribution in [3.05, 3.63) is 24.3 Å². The second-order valence-electron chi connectivity index (χ2n) is 2.78. The van der Waals surface area contributed by atoms with E-state index >= 15 is 0 Å². The van der Waals surface area contributed by atoms with Crippen LogP contribution >= 0.6 is 0 Å². The largest absolute Gasteiger partial charge is 0.302 e. The highest BCUT2D eigenvalue weighted by Crippen LogP contribution is 2.15. The molecule has 0 saturated heterocycles. The first-order valence-electron chi connectivity index (χ1n) is 3.89. The molecule has 1 unspecified atom stereocenters. The van der Waals surface area contributed by atoms with Crippen LogP contribution in [0.3, 0.4) is 0 Å². The van der Waals surface area contributed by atoms with E-state index in [0.717, 1.165) is 0 Å². The Hall–Kier alpha value is -1.27. The van der Waals surface area contributed by atoms with Gasteiger partial charge in [0.15, 0.2) is 11.1 Å². The smallest absolute Gasteiger partial charge is 0.186 e. The minimum absolute atomic E-state index is 0.355. The molecule has 1 atom stereocenters. The molecule has 6 heteroatoms. The maximum Gasteiger partial charge on any atom is 0.186 e. The standard InChI is InChI=1S/C8H11N3O2S/c1-11(2)10-9-7-3-5-8(6-4-7)14(12)13/h3-6H,1-2H3,(H,12,13). The van der Waals surface area contributed by atoms with Crippen molar-refractivity contribution in [2.75, 3.05) is 14.1 Å². The van der Waals surface area contributed by atoms with Crippen LogP contribution in [0.2, 0.25) is 0 Å². The van der Waals surface area contributed by atoms with Crippen molar-refractivity contribution in [3.63, 3.8) is 0 Å². The van der Waals surface area contributed by atoms with Gasteiger partial charge in [-0.2, -0.15) is 0 Å². The fourth-order valence-electron chi connectivity index (χ4n) is 0.770. The second-order valence-corrected chi connectivity index (χ2v) is 3.75. The zero-order chi connectivity index (χ0) is 10.6. The minimum Gasteiger partial charge on any atom is -0.302 e. The van der Waals surface area contributed by atoms with E-state index in [1.807, 2.05) is 0 Å². The van der Waals surface area contributed by atoms with E-state index in [1.54, 1.807) is 43.4 Å². The molecular formula is C8H11N3O2S. The van der Waals surface area contributed by atoms with Crippen molar-refractivity contribution < 1.29 is 8.76 Å². The Bertz CT molecular complexity index is 348. The van der Waals surface area contributed by atoms with E-state index in [1.165, 1.54) is 0 Å². The van der Waals surface area contributed by atoms with Crippen molar-refractivity contribution in [3.8, 4) is 0 Å². The fraction of sp³-hybridized carbons (Fsp3) is 0.250. The minimum atomic E-state index is -1.93. The first-order valence-corrected chi connectivity index (χ1v) is 5.00. The Morgan fingerprint density at radius 2 is 1.86 bits per heavy atom. The van der Waals surface area contributed by atoms with Gasteiger partial charge >= 0.3 is 0 Å². The SMILES string of the molecule is CN(C)N=Nc1ccc(S(=O)O)cc1. The van der Waals surface area contributed by atoms with E-state index in [9.17, 15) is 4.21 Å². The van der Waals surface area contributed by atoms with Crippen LogP contribution < -0.4 is 0 Å². The molecular weight excluding hydrogens is 202 g/mol. The lowest BCUT2D eigenvalue weighted by Gasteiger charge is -2.00. The summed E-state index contributed by atoms with van der Waals surface area (Å²) in [5.74, 6) is 0. The van der Waals surface area contributed by atoms with E-state index in [4.69, 9.17) is 4.55 Å². The number of hydrogen-bond donors (Lipinski definition) is 1. The molecule has 0 aliphatic heterocycles. The Balaban J connectivity index is 2.78. The van der Waals surface area contributed by atoms with Crippen molar-refractivity contribution in [1.82, 2.24) is 5.01 Å². The second kappa shape index (κ2) is 4.83. The van der Waals surface area contributed by atoms with Gasteiger partial charge < -0.3 is 4.55 Å². The van der Waals surface area contributed by atoms with Gasteiger partial charge in [0.2, 0.25) is 0 Å². The molecule has 14 heavy (non-hydrogen) atoms. The molecule has 1 N–H and O–H groups in total. The summed E-state index contributed by atoms with van der Waals surface area (Å²) in [5.41, 5.74) is 0.646. The van der Waals surface area contributed by atoms with Crippen molar-refractivity contribution >= 4 is 16.8 Å². The molecule has 0 radical (unpaired) electrons. The molecule has 0 amide bonds. The van der Waals surface area contributed by atoms with Crippen LogP contribution in [-0.2, 0) is 11.1 Å². The molecule has 0 aliphatic carbocycles.